The van der Waals surface area contributed by atoms with Gasteiger partial charge in [0.25, 0.3) is 5.19 Å². The number of amides is 1. The number of hydrogen-bond acceptors (Lipinski definition) is 7. The van der Waals surface area contributed by atoms with E-state index in [2.05, 4.69) is 4.98 Å². The molecule has 1 aliphatic rings. The predicted octanol–water partition coefficient (Wildman–Crippen LogP) is 4.97. The zero-order chi connectivity index (χ0) is 24.3. The highest BCUT2D eigenvalue weighted by atomic mass is 32.1. The molecule has 0 saturated carbocycles. The second-order valence-corrected chi connectivity index (χ2v) is 10.1. The Hall–Kier alpha value is -3.07. The van der Waals surface area contributed by atoms with Crippen molar-refractivity contribution in [1.29, 1.82) is 0 Å². The van der Waals surface area contributed by atoms with Crippen LogP contribution in [0.4, 0.5) is 4.79 Å². The van der Waals surface area contributed by atoms with Gasteiger partial charge in [-0.15, -0.1) is 0 Å². The Morgan fingerprint density at radius 2 is 1.94 bits per heavy atom. The number of carbonyl (C=O) groups excluding carboxylic acids is 2. The van der Waals surface area contributed by atoms with Crippen LogP contribution in [0, 0.1) is 0 Å². The summed E-state index contributed by atoms with van der Waals surface area (Å²) in [6.07, 6.45) is 3.46. The second kappa shape index (κ2) is 10.0. The van der Waals surface area contributed by atoms with Crippen molar-refractivity contribution in [2.24, 2.45) is 0 Å². The van der Waals surface area contributed by atoms with E-state index in [4.69, 9.17) is 14.2 Å². The molecule has 0 aliphatic carbocycles. The summed E-state index contributed by atoms with van der Waals surface area (Å²) in [7, 11) is 0. The summed E-state index contributed by atoms with van der Waals surface area (Å²) in [4.78, 5) is 30.4. The normalized spacial score (nSPS) is 14.9. The lowest BCUT2D eigenvalue weighted by Crippen LogP contribution is -2.44. The molecular weight excluding hydrogens is 454 g/mol. The first-order chi connectivity index (χ1) is 16.2. The molecule has 3 aromatic rings. The van der Waals surface area contributed by atoms with Crippen molar-refractivity contribution >= 4 is 34.3 Å². The van der Waals surface area contributed by atoms with E-state index in [0.717, 1.165) is 35.1 Å². The predicted molar refractivity (Wildman–Crippen MR) is 131 cm³/mol. The summed E-state index contributed by atoms with van der Waals surface area (Å²) in [5.41, 5.74) is 1.44. The molecule has 1 saturated heterocycles. The number of nitrogens with zero attached hydrogens (tertiary/aromatic N) is 3. The van der Waals surface area contributed by atoms with Crippen molar-refractivity contribution < 1.29 is 23.8 Å². The summed E-state index contributed by atoms with van der Waals surface area (Å²) in [6, 6.07) is 7.95. The van der Waals surface area contributed by atoms with Crippen LogP contribution in [0.5, 0.6) is 5.19 Å². The molecule has 0 radical (unpaired) electrons. The number of rotatable bonds is 6. The number of hydrogen-bond donors (Lipinski definition) is 0. The van der Waals surface area contributed by atoms with E-state index in [9.17, 15) is 9.59 Å². The fourth-order valence-corrected chi connectivity index (χ4v) is 4.63. The maximum atomic E-state index is 12.3. The van der Waals surface area contributed by atoms with E-state index in [0.29, 0.717) is 24.9 Å². The minimum atomic E-state index is -0.493. The molecule has 2 aromatic heterocycles. The molecule has 1 fully saturated rings. The Morgan fingerprint density at radius 1 is 1.18 bits per heavy atom. The number of benzene rings is 1. The Balaban J connectivity index is 1.36. The zero-order valence-corrected chi connectivity index (χ0v) is 20.9. The number of ether oxygens (including phenoxy) is 3. The summed E-state index contributed by atoms with van der Waals surface area (Å²) >= 11 is 1.46. The van der Waals surface area contributed by atoms with Gasteiger partial charge in [0.15, 0.2) is 5.82 Å². The van der Waals surface area contributed by atoms with E-state index in [1.54, 1.807) is 11.8 Å². The summed E-state index contributed by atoms with van der Waals surface area (Å²) < 4.78 is 18.6. The average molecular weight is 486 g/mol. The molecule has 1 aliphatic heterocycles. The average Bonchev–Trinajstić information content (AvgIpc) is 3.39. The summed E-state index contributed by atoms with van der Waals surface area (Å²) in [5, 5.41) is 3.62. The Morgan fingerprint density at radius 3 is 2.65 bits per heavy atom. The van der Waals surface area contributed by atoms with Crippen LogP contribution >= 0.6 is 11.3 Å². The van der Waals surface area contributed by atoms with E-state index in [1.807, 2.05) is 61.2 Å². The van der Waals surface area contributed by atoms with Crippen LogP contribution in [-0.4, -0.2) is 57.9 Å². The minimum Gasteiger partial charge on any atom is -0.467 e. The van der Waals surface area contributed by atoms with Gasteiger partial charge in [0.2, 0.25) is 0 Å². The van der Waals surface area contributed by atoms with E-state index >= 15 is 0 Å². The van der Waals surface area contributed by atoms with Gasteiger partial charge in [-0.2, -0.15) is 4.98 Å². The van der Waals surface area contributed by atoms with Gasteiger partial charge in [0, 0.05) is 42.9 Å². The molecule has 0 bridgehead atoms. The molecule has 0 spiro atoms. The SMILES string of the molecule is CCOC(=O)Cc1ccc2c(ccn2-c2csc(OC3CCN(C(=O)OC(C)(C)C)CC3)n2)c1. The number of likely N-dealkylation sites (tertiary alicyclic amines) is 1. The maximum Gasteiger partial charge on any atom is 0.410 e. The van der Waals surface area contributed by atoms with Crippen molar-refractivity contribution in [3.8, 4) is 11.0 Å². The van der Waals surface area contributed by atoms with Gasteiger partial charge in [0.05, 0.1) is 18.5 Å². The Bertz CT molecular complexity index is 1150. The fraction of sp³-hybridized carbons (Fsp3) is 0.480. The van der Waals surface area contributed by atoms with Crippen molar-refractivity contribution in [2.45, 2.75) is 58.7 Å². The molecular formula is C25H31N3O5S. The number of esters is 1. The van der Waals surface area contributed by atoms with Crippen LogP contribution in [-0.2, 0) is 20.7 Å². The summed E-state index contributed by atoms with van der Waals surface area (Å²) in [6.45, 7) is 9.02. The Labute approximate surface area is 203 Å². The van der Waals surface area contributed by atoms with Crippen LogP contribution in [0.2, 0.25) is 0 Å². The van der Waals surface area contributed by atoms with Gasteiger partial charge in [0.1, 0.15) is 11.7 Å². The highest BCUT2D eigenvalue weighted by Crippen LogP contribution is 2.28. The lowest BCUT2D eigenvalue weighted by Gasteiger charge is -2.33. The molecule has 9 heteroatoms. The minimum absolute atomic E-state index is 0.0181. The highest BCUT2D eigenvalue weighted by Gasteiger charge is 2.28. The topological polar surface area (TPSA) is 82.9 Å². The number of piperidine rings is 1. The molecule has 34 heavy (non-hydrogen) atoms. The third-order valence-electron chi connectivity index (χ3n) is 5.49. The number of fused-ring (bicyclic) bond motifs is 1. The first-order valence-corrected chi connectivity index (χ1v) is 12.5. The van der Waals surface area contributed by atoms with Crippen molar-refractivity contribution in [2.75, 3.05) is 19.7 Å². The maximum absolute atomic E-state index is 12.3. The standard InChI is InChI=1S/C25H31N3O5S/c1-5-31-22(29)15-17-6-7-20-18(14-17)8-13-28(20)21-16-34-23(26-21)32-19-9-11-27(12-10-19)24(30)33-25(2,3)4/h6-8,13-14,16,19H,5,9-12,15H2,1-4H3. The van der Waals surface area contributed by atoms with Crippen molar-refractivity contribution in [1.82, 2.24) is 14.5 Å². The van der Waals surface area contributed by atoms with Crippen LogP contribution in [0.15, 0.2) is 35.8 Å². The first kappa shape index (κ1) is 24.1. The summed E-state index contributed by atoms with van der Waals surface area (Å²) in [5.74, 6) is 0.568. The quantitative estimate of drug-likeness (QED) is 0.459. The molecule has 0 unspecified atom stereocenters. The third kappa shape index (κ3) is 5.88. The zero-order valence-electron chi connectivity index (χ0n) is 20.1. The Kier molecular flexibility index (Phi) is 7.11. The molecule has 0 atom stereocenters. The van der Waals surface area contributed by atoms with E-state index in [1.165, 1.54) is 11.3 Å². The molecule has 0 N–H and O–H groups in total. The van der Waals surface area contributed by atoms with Gasteiger partial charge in [-0.25, -0.2) is 4.79 Å². The van der Waals surface area contributed by atoms with Gasteiger partial charge < -0.3 is 23.7 Å². The van der Waals surface area contributed by atoms with Crippen molar-refractivity contribution in [3.05, 3.63) is 41.4 Å². The van der Waals surface area contributed by atoms with Crippen molar-refractivity contribution in [3.63, 3.8) is 0 Å². The van der Waals surface area contributed by atoms with Gasteiger partial charge in [-0.3, -0.25) is 4.79 Å². The van der Waals surface area contributed by atoms with E-state index in [-0.39, 0.29) is 24.6 Å². The highest BCUT2D eigenvalue weighted by molar-refractivity contribution is 7.11. The van der Waals surface area contributed by atoms with Crippen LogP contribution < -0.4 is 4.74 Å². The molecule has 3 heterocycles. The smallest absolute Gasteiger partial charge is 0.410 e. The third-order valence-corrected chi connectivity index (χ3v) is 6.21. The fourth-order valence-electron chi connectivity index (χ4n) is 3.92. The monoisotopic (exact) mass is 485 g/mol. The van der Waals surface area contributed by atoms with Gasteiger partial charge >= 0.3 is 12.1 Å². The molecule has 182 valence electrons. The van der Waals surface area contributed by atoms with E-state index < -0.39 is 5.60 Å². The molecule has 8 nitrogen and oxygen atoms in total. The lowest BCUT2D eigenvalue weighted by atomic mass is 10.1. The van der Waals surface area contributed by atoms with Crippen LogP contribution in [0.1, 0.15) is 46.1 Å². The largest absolute Gasteiger partial charge is 0.467 e. The molecule has 4 rings (SSSR count). The second-order valence-electron chi connectivity index (χ2n) is 9.32. The first-order valence-electron chi connectivity index (χ1n) is 11.6. The van der Waals surface area contributed by atoms with Gasteiger partial charge in [-0.1, -0.05) is 17.4 Å². The number of carbonyl (C=O) groups is 2. The molecule has 1 amide bonds. The number of thiazole rings is 1. The van der Waals surface area contributed by atoms with Crippen LogP contribution in [0.25, 0.3) is 16.7 Å². The van der Waals surface area contributed by atoms with Gasteiger partial charge in [-0.05, 0) is 51.5 Å². The number of aromatic nitrogens is 2. The lowest BCUT2D eigenvalue weighted by molar-refractivity contribution is -0.142. The molecule has 1 aromatic carbocycles. The van der Waals surface area contributed by atoms with Crippen LogP contribution in [0.3, 0.4) is 0 Å².